The Kier molecular flexibility index (Phi) is 15.6. The van der Waals surface area contributed by atoms with Crippen LogP contribution in [0, 0.1) is 0 Å². The minimum Gasteiger partial charge on any atom is -0.394 e. The molecule has 0 aromatic heterocycles. The first-order chi connectivity index (χ1) is 7.97. The Labute approximate surface area is 105 Å². The number of aliphatic hydroxyl groups is 2. The lowest BCUT2D eigenvalue weighted by atomic mass is 10.4. The van der Waals surface area contributed by atoms with Crippen LogP contribution in [0.1, 0.15) is 27.7 Å². The van der Waals surface area contributed by atoms with Crippen molar-refractivity contribution in [2.75, 3.05) is 33.5 Å². The maximum absolute atomic E-state index is 8.92. The average Bonchev–Trinajstić information content (AvgIpc) is 2.33. The molecule has 0 aliphatic rings. The van der Waals surface area contributed by atoms with Crippen molar-refractivity contribution in [1.29, 1.82) is 0 Å². The molecule has 0 saturated carbocycles. The van der Waals surface area contributed by atoms with E-state index in [2.05, 4.69) is 4.74 Å². The quantitative estimate of drug-likeness (QED) is 0.669. The van der Waals surface area contributed by atoms with E-state index >= 15 is 0 Å². The Morgan fingerprint density at radius 2 is 1.47 bits per heavy atom. The zero-order valence-corrected chi connectivity index (χ0v) is 11.7. The molecule has 3 unspecified atom stereocenters. The molecule has 0 amide bonds. The van der Waals surface area contributed by atoms with Crippen LogP contribution in [0.2, 0.25) is 0 Å². The predicted octanol–water partition coefficient (Wildman–Crippen LogP) is 0.822. The van der Waals surface area contributed by atoms with E-state index in [0.29, 0.717) is 13.2 Å². The molecule has 0 aromatic carbocycles. The summed E-state index contributed by atoms with van der Waals surface area (Å²) in [6.45, 7) is 8.88. The first-order valence-corrected chi connectivity index (χ1v) is 5.98. The Morgan fingerprint density at radius 1 is 1.00 bits per heavy atom. The maximum Gasteiger partial charge on any atom is 0.0781 e. The monoisotopic (exact) mass is 252 g/mol. The van der Waals surface area contributed by atoms with Crippen LogP contribution >= 0.6 is 0 Å². The zero-order valence-electron chi connectivity index (χ0n) is 11.7. The van der Waals surface area contributed by atoms with Gasteiger partial charge in [0.15, 0.2) is 0 Å². The van der Waals surface area contributed by atoms with E-state index < -0.39 is 6.10 Å². The van der Waals surface area contributed by atoms with Crippen molar-refractivity contribution in [3.05, 3.63) is 0 Å². The SMILES string of the molecule is CC(O)COC(C)COC(C)CO.CCOC. The van der Waals surface area contributed by atoms with Gasteiger partial charge in [-0.1, -0.05) is 0 Å². The molecule has 0 spiro atoms. The first-order valence-electron chi connectivity index (χ1n) is 5.98. The zero-order chi connectivity index (χ0) is 13.7. The van der Waals surface area contributed by atoms with Crippen molar-refractivity contribution < 1.29 is 24.4 Å². The van der Waals surface area contributed by atoms with Gasteiger partial charge in [-0.15, -0.1) is 0 Å². The Balaban J connectivity index is 0. The van der Waals surface area contributed by atoms with Gasteiger partial charge in [-0.25, -0.2) is 0 Å². The summed E-state index contributed by atoms with van der Waals surface area (Å²) in [7, 11) is 1.68. The van der Waals surface area contributed by atoms with Gasteiger partial charge in [0, 0.05) is 13.7 Å². The van der Waals surface area contributed by atoms with Crippen molar-refractivity contribution in [3.8, 4) is 0 Å². The second-order valence-electron chi connectivity index (χ2n) is 3.90. The van der Waals surface area contributed by atoms with Crippen molar-refractivity contribution in [3.63, 3.8) is 0 Å². The standard InChI is InChI=1S/C9H20O4.C3H8O/c1-7(11)5-12-9(3)6-13-8(2)4-10;1-3-4-2/h7-11H,4-6H2,1-3H3;3H2,1-2H3. The molecule has 0 aliphatic carbocycles. The molecular formula is C12H28O5. The number of aliphatic hydroxyl groups excluding tert-OH is 2. The third-order valence-corrected chi connectivity index (χ3v) is 1.78. The van der Waals surface area contributed by atoms with Crippen LogP contribution in [-0.4, -0.2) is 62.1 Å². The molecule has 0 fully saturated rings. The van der Waals surface area contributed by atoms with Gasteiger partial charge >= 0.3 is 0 Å². The highest BCUT2D eigenvalue weighted by Crippen LogP contribution is 1.97. The normalized spacial score (nSPS) is 15.7. The maximum atomic E-state index is 8.92. The lowest BCUT2D eigenvalue weighted by Crippen LogP contribution is -2.24. The minimum absolute atomic E-state index is 0.0170. The summed E-state index contributed by atoms with van der Waals surface area (Å²) in [5.41, 5.74) is 0. The first kappa shape index (κ1) is 19.1. The van der Waals surface area contributed by atoms with E-state index in [4.69, 9.17) is 19.7 Å². The van der Waals surface area contributed by atoms with Crippen molar-refractivity contribution >= 4 is 0 Å². The highest BCUT2D eigenvalue weighted by atomic mass is 16.5. The summed E-state index contributed by atoms with van der Waals surface area (Å²) < 4.78 is 15.0. The number of hydrogen-bond acceptors (Lipinski definition) is 5. The smallest absolute Gasteiger partial charge is 0.0781 e. The summed E-state index contributed by atoms with van der Waals surface area (Å²) in [6.07, 6.45) is -0.654. The van der Waals surface area contributed by atoms with Crippen LogP contribution in [0.25, 0.3) is 0 Å². The fourth-order valence-electron chi connectivity index (χ4n) is 0.704. The van der Waals surface area contributed by atoms with Crippen LogP contribution in [-0.2, 0) is 14.2 Å². The van der Waals surface area contributed by atoms with Gasteiger partial charge in [0.05, 0.1) is 38.1 Å². The highest BCUT2D eigenvalue weighted by molar-refractivity contribution is 4.52. The van der Waals surface area contributed by atoms with E-state index in [9.17, 15) is 0 Å². The molecule has 0 saturated heterocycles. The number of hydrogen-bond donors (Lipinski definition) is 2. The molecule has 5 heteroatoms. The van der Waals surface area contributed by atoms with Gasteiger partial charge in [-0.2, -0.15) is 0 Å². The van der Waals surface area contributed by atoms with E-state index in [1.165, 1.54) is 0 Å². The van der Waals surface area contributed by atoms with E-state index in [-0.39, 0.29) is 18.8 Å². The van der Waals surface area contributed by atoms with Gasteiger partial charge < -0.3 is 24.4 Å². The summed E-state index contributed by atoms with van der Waals surface area (Å²) in [5, 5.41) is 17.6. The summed E-state index contributed by atoms with van der Waals surface area (Å²) in [6, 6.07) is 0. The van der Waals surface area contributed by atoms with Crippen LogP contribution in [0.4, 0.5) is 0 Å². The average molecular weight is 252 g/mol. The summed E-state index contributed by atoms with van der Waals surface area (Å²) in [4.78, 5) is 0. The molecule has 2 N–H and O–H groups in total. The molecule has 0 bridgehead atoms. The molecule has 5 nitrogen and oxygen atoms in total. The Morgan fingerprint density at radius 3 is 1.82 bits per heavy atom. The Bertz CT molecular complexity index is 139. The molecule has 0 radical (unpaired) electrons. The third kappa shape index (κ3) is 18.4. The summed E-state index contributed by atoms with van der Waals surface area (Å²) >= 11 is 0. The minimum atomic E-state index is -0.447. The second-order valence-corrected chi connectivity index (χ2v) is 3.90. The van der Waals surface area contributed by atoms with E-state index in [1.54, 1.807) is 21.0 Å². The number of methoxy groups -OCH3 is 1. The van der Waals surface area contributed by atoms with Crippen LogP contribution in [0.15, 0.2) is 0 Å². The topological polar surface area (TPSA) is 68.2 Å². The number of rotatable bonds is 8. The van der Waals surface area contributed by atoms with E-state index in [0.717, 1.165) is 6.61 Å². The number of ether oxygens (including phenoxy) is 3. The van der Waals surface area contributed by atoms with Crippen molar-refractivity contribution in [1.82, 2.24) is 0 Å². The third-order valence-electron chi connectivity index (χ3n) is 1.78. The van der Waals surface area contributed by atoms with Gasteiger partial charge in [-0.05, 0) is 27.7 Å². The highest BCUT2D eigenvalue weighted by Gasteiger charge is 2.06. The second kappa shape index (κ2) is 13.9. The molecule has 0 rings (SSSR count). The predicted molar refractivity (Wildman–Crippen MR) is 67.1 cm³/mol. The molecule has 3 atom stereocenters. The van der Waals surface area contributed by atoms with Crippen molar-refractivity contribution in [2.45, 2.75) is 46.0 Å². The van der Waals surface area contributed by atoms with Crippen molar-refractivity contribution in [2.24, 2.45) is 0 Å². The fourth-order valence-corrected chi connectivity index (χ4v) is 0.704. The van der Waals surface area contributed by atoms with E-state index in [1.807, 2.05) is 13.8 Å². The lowest BCUT2D eigenvalue weighted by Gasteiger charge is -2.16. The molecule has 0 aliphatic heterocycles. The van der Waals surface area contributed by atoms with Gasteiger partial charge in [0.25, 0.3) is 0 Å². The molecule has 17 heavy (non-hydrogen) atoms. The molecular weight excluding hydrogens is 224 g/mol. The summed E-state index contributed by atoms with van der Waals surface area (Å²) in [5.74, 6) is 0. The van der Waals surface area contributed by atoms with Crippen LogP contribution in [0.5, 0.6) is 0 Å². The molecule has 106 valence electrons. The fraction of sp³-hybridized carbons (Fsp3) is 1.00. The molecule has 0 heterocycles. The van der Waals surface area contributed by atoms with Gasteiger partial charge in [0.2, 0.25) is 0 Å². The van der Waals surface area contributed by atoms with Crippen LogP contribution in [0.3, 0.4) is 0 Å². The lowest BCUT2D eigenvalue weighted by molar-refractivity contribution is -0.0620. The van der Waals surface area contributed by atoms with Crippen LogP contribution < -0.4 is 0 Å². The van der Waals surface area contributed by atoms with Gasteiger partial charge in [-0.3, -0.25) is 0 Å². The Hall–Kier alpha value is -0.200. The van der Waals surface area contributed by atoms with Gasteiger partial charge in [0.1, 0.15) is 0 Å². The largest absolute Gasteiger partial charge is 0.394 e. The molecule has 0 aromatic rings.